The van der Waals surface area contributed by atoms with E-state index in [1.165, 1.54) is 25.7 Å². The quantitative estimate of drug-likeness (QED) is 0.602. The predicted molar refractivity (Wildman–Crippen MR) is 79.3 cm³/mol. The molecule has 2 rings (SSSR count). The van der Waals surface area contributed by atoms with Crippen LogP contribution in [0.15, 0.2) is 30.3 Å². The highest BCUT2D eigenvalue weighted by Crippen LogP contribution is 2.30. The molecule has 1 N–H and O–H groups in total. The molecule has 108 valence electrons. The lowest BCUT2D eigenvalue weighted by Gasteiger charge is -2.14. The highest BCUT2D eigenvalue weighted by molar-refractivity contribution is 5.97. The summed E-state index contributed by atoms with van der Waals surface area (Å²) in [6.45, 7) is 2.20. The molecule has 0 radical (unpaired) electrons. The second-order valence-corrected chi connectivity index (χ2v) is 5.27. The van der Waals surface area contributed by atoms with Gasteiger partial charge in [-0.25, -0.2) is 4.79 Å². The number of carbonyl (C=O) groups excluding carboxylic acids is 1. The second kappa shape index (κ2) is 7.13. The Balaban J connectivity index is 1.94. The van der Waals surface area contributed by atoms with Gasteiger partial charge in [0.2, 0.25) is 0 Å². The van der Waals surface area contributed by atoms with Crippen molar-refractivity contribution in [2.24, 2.45) is 0 Å². The van der Waals surface area contributed by atoms with Crippen molar-refractivity contribution in [2.75, 3.05) is 0 Å². The van der Waals surface area contributed by atoms with Crippen molar-refractivity contribution in [1.29, 1.82) is 0 Å². The number of cyclic esters (lactones) is 1. The van der Waals surface area contributed by atoms with Gasteiger partial charge < -0.3 is 9.84 Å². The minimum Gasteiger partial charge on any atom is -0.508 e. The molecule has 20 heavy (non-hydrogen) atoms. The summed E-state index contributed by atoms with van der Waals surface area (Å²) in [4.78, 5) is 11.5. The van der Waals surface area contributed by atoms with Crippen LogP contribution in [0.1, 0.15) is 51.0 Å². The highest BCUT2D eigenvalue weighted by Gasteiger charge is 2.26. The lowest BCUT2D eigenvalue weighted by molar-refractivity contribution is -0.138. The number of phenolic OH excluding ortho intramolecular Hbond substituents is 1. The fraction of sp³-hybridized carbons (Fsp3) is 0.471. The topological polar surface area (TPSA) is 46.5 Å². The largest absolute Gasteiger partial charge is 0.508 e. The SMILES string of the molecule is CCCCCCCC1OC(=O)C=C1c1ccc(O)cc1. The van der Waals surface area contributed by atoms with Gasteiger partial charge in [0.1, 0.15) is 11.9 Å². The smallest absolute Gasteiger partial charge is 0.331 e. The molecule has 1 aromatic carbocycles. The zero-order valence-electron chi connectivity index (χ0n) is 12.0. The summed E-state index contributed by atoms with van der Waals surface area (Å²) in [6, 6.07) is 6.93. The van der Waals surface area contributed by atoms with Crippen LogP contribution >= 0.6 is 0 Å². The van der Waals surface area contributed by atoms with E-state index in [4.69, 9.17) is 4.74 Å². The summed E-state index contributed by atoms with van der Waals surface area (Å²) < 4.78 is 5.37. The van der Waals surface area contributed by atoms with Crippen LogP contribution in [0.4, 0.5) is 0 Å². The molecule has 0 saturated heterocycles. The minimum absolute atomic E-state index is 0.131. The normalized spacial score (nSPS) is 17.9. The van der Waals surface area contributed by atoms with Gasteiger partial charge in [-0.3, -0.25) is 0 Å². The first-order chi connectivity index (χ1) is 9.70. The van der Waals surface area contributed by atoms with Crippen molar-refractivity contribution < 1.29 is 14.6 Å². The second-order valence-electron chi connectivity index (χ2n) is 5.27. The lowest BCUT2D eigenvalue weighted by atomic mass is 9.97. The molecule has 1 unspecified atom stereocenters. The van der Waals surface area contributed by atoms with Crippen LogP contribution in [-0.4, -0.2) is 17.2 Å². The number of benzene rings is 1. The fourth-order valence-electron chi connectivity index (χ4n) is 2.53. The number of phenols is 1. The van der Waals surface area contributed by atoms with Gasteiger partial charge >= 0.3 is 5.97 Å². The Morgan fingerprint density at radius 3 is 2.50 bits per heavy atom. The third-order valence-electron chi connectivity index (χ3n) is 3.65. The maximum atomic E-state index is 11.5. The van der Waals surface area contributed by atoms with Crippen molar-refractivity contribution in [1.82, 2.24) is 0 Å². The van der Waals surface area contributed by atoms with Gasteiger partial charge in [0.05, 0.1) is 0 Å². The van der Waals surface area contributed by atoms with Gasteiger partial charge in [0.25, 0.3) is 0 Å². The predicted octanol–water partition coefficient (Wildman–Crippen LogP) is 4.06. The average molecular weight is 274 g/mol. The van der Waals surface area contributed by atoms with Crippen molar-refractivity contribution in [3.8, 4) is 5.75 Å². The monoisotopic (exact) mass is 274 g/mol. The minimum atomic E-state index is -0.258. The number of unbranched alkanes of at least 4 members (excludes halogenated alkanes) is 4. The lowest BCUT2D eigenvalue weighted by Crippen LogP contribution is -2.11. The van der Waals surface area contributed by atoms with E-state index in [1.54, 1.807) is 18.2 Å². The summed E-state index contributed by atoms with van der Waals surface area (Å²) in [7, 11) is 0. The maximum absolute atomic E-state index is 11.5. The van der Waals surface area contributed by atoms with Gasteiger partial charge in [0.15, 0.2) is 0 Å². The molecule has 1 atom stereocenters. The molecule has 0 amide bonds. The molecule has 0 aliphatic carbocycles. The third-order valence-corrected chi connectivity index (χ3v) is 3.65. The van der Waals surface area contributed by atoms with E-state index < -0.39 is 0 Å². The average Bonchev–Trinajstić information content (AvgIpc) is 2.80. The Bertz CT molecular complexity index is 474. The number of carbonyl (C=O) groups is 1. The van der Waals surface area contributed by atoms with E-state index in [9.17, 15) is 9.90 Å². The molecule has 3 nitrogen and oxygen atoms in total. The fourth-order valence-corrected chi connectivity index (χ4v) is 2.53. The molecule has 3 heteroatoms. The van der Waals surface area contributed by atoms with Crippen LogP contribution < -0.4 is 0 Å². The maximum Gasteiger partial charge on any atom is 0.331 e. The molecule has 0 saturated carbocycles. The Labute approximate surface area is 120 Å². The molecule has 0 fully saturated rings. The summed E-state index contributed by atoms with van der Waals surface area (Å²) in [6.07, 6.45) is 8.33. The van der Waals surface area contributed by atoms with Crippen molar-refractivity contribution in [3.63, 3.8) is 0 Å². The first kappa shape index (κ1) is 14.6. The highest BCUT2D eigenvalue weighted by atomic mass is 16.5. The van der Waals surface area contributed by atoms with Crippen LogP contribution in [0.3, 0.4) is 0 Å². The number of ether oxygens (including phenoxy) is 1. The van der Waals surface area contributed by atoms with Gasteiger partial charge in [-0.2, -0.15) is 0 Å². The number of aromatic hydroxyl groups is 1. The molecule has 0 spiro atoms. The molecule has 1 heterocycles. The van der Waals surface area contributed by atoms with Crippen molar-refractivity contribution in [2.45, 2.75) is 51.6 Å². The summed E-state index contributed by atoms with van der Waals surface area (Å²) in [5, 5.41) is 9.32. The first-order valence-electron chi connectivity index (χ1n) is 7.42. The van der Waals surface area contributed by atoms with Gasteiger partial charge in [-0.1, -0.05) is 44.7 Å². The number of hydrogen-bond donors (Lipinski definition) is 1. The van der Waals surface area contributed by atoms with Crippen molar-refractivity contribution >= 4 is 11.5 Å². The molecule has 0 aromatic heterocycles. The summed E-state index contributed by atoms with van der Waals surface area (Å²) >= 11 is 0. The van der Waals surface area contributed by atoms with E-state index in [1.807, 2.05) is 12.1 Å². The van der Waals surface area contributed by atoms with Crippen LogP contribution in [0, 0.1) is 0 Å². The van der Waals surface area contributed by atoms with E-state index in [-0.39, 0.29) is 17.8 Å². The Kier molecular flexibility index (Phi) is 5.22. The van der Waals surface area contributed by atoms with E-state index in [2.05, 4.69) is 6.92 Å². The van der Waals surface area contributed by atoms with Crippen LogP contribution in [0.25, 0.3) is 5.57 Å². The van der Waals surface area contributed by atoms with E-state index in [0.29, 0.717) is 0 Å². The van der Waals surface area contributed by atoms with E-state index in [0.717, 1.165) is 24.0 Å². The molecular weight excluding hydrogens is 252 g/mol. The van der Waals surface area contributed by atoms with Crippen molar-refractivity contribution in [3.05, 3.63) is 35.9 Å². The van der Waals surface area contributed by atoms with Crippen LogP contribution in [0.5, 0.6) is 5.75 Å². The molecular formula is C17H22O3. The van der Waals surface area contributed by atoms with Gasteiger partial charge in [-0.05, 0) is 30.5 Å². The number of rotatable bonds is 7. The number of hydrogen-bond acceptors (Lipinski definition) is 3. The molecule has 0 bridgehead atoms. The molecule has 1 aromatic rings. The summed E-state index contributed by atoms with van der Waals surface area (Å²) in [5.74, 6) is -0.0256. The number of esters is 1. The van der Waals surface area contributed by atoms with Gasteiger partial charge in [0, 0.05) is 11.6 Å². The standard InChI is InChI=1S/C17H22O3/c1-2-3-4-5-6-7-16-15(12-17(19)20-16)13-8-10-14(18)11-9-13/h8-12,16,18H,2-7H2,1H3. The zero-order valence-corrected chi connectivity index (χ0v) is 12.0. The van der Waals surface area contributed by atoms with Gasteiger partial charge in [-0.15, -0.1) is 0 Å². The third kappa shape index (κ3) is 3.86. The Hall–Kier alpha value is -1.77. The zero-order chi connectivity index (χ0) is 14.4. The van der Waals surface area contributed by atoms with E-state index >= 15 is 0 Å². The molecule has 1 aliphatic heterocycles. The first-order valence-corrected chi connectivity index (χ1v) is 7.42. The Morgan fingerprint density at radius 2 is 1.80 bits per heavy atom. The van der Waals surface area contributed by atoms with Crippen LogP contribution in [0.2, 0.25) is 0 Å². The van der Waals surface area contributed by atoms with Crippen LogP contribution in [-0.2, 0) is 9.53 Å². The molecule has 1 aliphatic rings. The Morgan fingerprint density at radius 1 is 1.10 bits per heavy atom. The summed E-state index contributed by atoms with van der Waals surface area (Å²) in [5.41, 5.74) is 1.89.